The molecule has 1 aromatic carbocycles. The van der Waals surface area contributed by atoms with E-state index in [4.69, 9.17) is 4.74 Å². The number of ether oxygens (including phenoxy) is 1. The number of rotatable bonds is 1. The van der Waals surface area contributed by atoms with Crippen LogP contribution in [0.25, 0.3) is 0 Å². The van der Waals surface area contributed by atoms with E-state index >= 15 is 0 Å². The number of hydrogen-bond donors (Lipinski definition) is 1. The Hall–Kier alpha value is -1.38. The number of para-hydroxylation sites is 1. The first-order valence-corrected chi connectivity index (χ1v) is 6.81. The van der Waals surface area contributed by atoms with Crippen molar-refractivity contribution >= 4 is 11.4 Å². The number of hydrogen-bond acceptors (Lipinski definition) is 3. The van der Waals surface area contributed by atoms with Gasteiger partial charge < -0.3 is 15.0 Å². The molecule has 2 heterocycles. The first-order valence-electron chi connectivity index (χ1n) is 6.81. The standard InChI is InChI=1S/C15H22N2O/c1-15(2)8-5-9-17-11-6-4-7-12(18-3)14(11)16-10-13(15)17/h4,6-7,13,16H,5,8-10H2,1-3H3. The minimum atomic E-state index is 0.381. The zero-order valence-corrected chi connectivity index (χ0v) is 11.5. The van der Waals surface area contributed by atoms with Crippen molar-refractivity contribution in [2.24, 2.45) is 5.41 Å². The van der Waals surface area contributed by atoms with Gasteiger partial charge in [0.25, 0.3) is 0 Å². The quantitative estimate of drug-likeness (QED) is 0.824. The number of anilines is 2. The molecular formula is C15H22N2O. The summed E-state index contributed by atoms with van der Waals surface area (Å²) in [4.78, 5) is 2.57. The molecule has 1 aromatic rings. The Morgan fingerprint density at radius 1 is 1.39 bits per heavy atom. The smallest absolute Gasteiger partial charge is 0.144 e. The Morgan fingerprint density at radius 3 is 3.00 bits per heavy atom. The molecule has 1 fully saturated rings. The van der Waals surface area contributed by atoms with Crippen molar-refractivity contribution in [3.05, 3.63) is 18.2 Å². The number of nitrogens with zero attached hydrogens (tertiary/aromatic N) is 1. The summed E-state index contributed by atoms with van der Waals surface area (Å²) in [6, 6.07) is 6.91. The number of nitrogens with one attached hydrogen (secondary N) is 1. The molecule has 0 aromatic heterocycles. The van der Waals surface area contributed by atoms with E-state index in [1.807, 2.05) is 6.07 Å². The largest absolute Gasteiger partial charge is 0.495 e. The summed E-state index contributed by atoms with van der Waals surface area (Å²) >= 11 is 0. The second-order valence-electron chi connectivity index (χ2n) is 6.04. The van der Waals surface area contributed by atoms with E-state index in [0.29, 0.717) is 11.5 Å². The SMILES string of the molecule is COc1cccc2c1NCC1N2CCCC1(C)C. The summed E-state index contributed by atoms with van der Waals surface area (Å²) in [5, 5.41) is 3.57. The van der Waals surface area contributed by atoms with E-state index in [1.54, 1.807) is 7.11 Å². The molecule has 3 nitrogen and oxygen atoms in total. The van der Waals surface area contributed by atoms with Gasteiger partial charge in [-0.3, -0.25) is 0 Å². The lowest BCUT2D eigenvalue weighted by molar-refractivity contribution is 0.216. The van der Waals surface area contributed by atoms with Gasteiger partial charge in [-0.1, -0.05) is 19.9 Å². The Morgan fingerprint density at radius 2 is 2.22 bits per heavy atom. The molecule has 2 aliphatic rings. The van der Waals surface area contributed by atoms with E-state index in [0.717, 1.165) is 24.5 Å². The summed E-state index contributed by atoms with van der Waals surface area (Å²) in [7, 11) is 1.74. The molecule has 0 bridgehead atoms. The Balaban J connectivity index is 2.03. The van der Waals surface area contributed by atoms with Gasteiger partial charge in [-0.2, -0.15) is 0 Å². The minimum Gasteiger partial charge on any atom is -0.495 e. The van der Waals surface area contributed by atoms with E-state index < -0.39 is 0 Å². The van der Waals surface area contributed by atoms with Gasteiger partial charge in [0.05, 0.1) is 18.8 Å². The van der Waals surface area contributed by atoms with Crippen LogP contribution in [-0.2, 0) is 0 Å². The number of piperidine rings is 1. The molecular weight excluding hydrogens is 224 g/mol. The molecule has 0 saturated carbocycles. The number of benzene rings is 1. The van der Waals surface area contributed by atoms with Gasteiger partial charge >= 0.3 is 0 Å². The molecule has 2 aliphatic heterocycles. The lowest BCUT2D eigenvalue weighted by Crippen LogP contribution is -2.55. The van der Waals surface area contributed by atoms with Gasteiger partial charge in [0, 0.05) is 13.1 Å². The van der Waals surface area contributed by atoms with E-state index in [9.17, 15) is 0 Å². The van der Waals surface area contributed by atoms with Crippen LogP contribution in [0.1, 0.15) is 26.7 Å². The van der Waals surface area contributed by atoms with Gasteiger partial charge in [0.2, 0.25) is 0 Å². The molecule has 1 unspecified atom stereocenters. The molecule has 0 radical (unpaired) electrons. The zero-order valence-electron chi connectivity index (χ0n) is 11.5. The molecule has 3 rings (SSSR count). The fourth-order valence-corrected chi connectivity index (χ4v) is 3.43. The van der Waals surface area contributed by atoms with Crippen molar-refractivity contribution < 1.29 is 4.74 Å². The van der Waals surface area contributed by atoms with Gasteiger partial charge in [-0.25, -0.2) is 0 Å². The van der Waals surface area contributed by atoms with Gasteiger partial charge in [-0.15, -0.1) is 0 Å². The van der Waals surface area contributed by atoms with Crippen LogP contribution in [-0.4, -0.2) is 26.2 Å². The fraction of sp³-hybridized carbons (Fsp3) is 0.600. The van der Waals surface area contributed by atoms with Crippen LogP contribution in [0.2, 0.25) is 0 Å². The van der Waals surface area contributed by atoms with Crippen LogP contribution >= 0.6 is 0 Å². The van der Waals surface area contributed by atoms with Crippen LogP contribution in [0.5, 0.6) is 5.75 Å². The van der Waals surface area contributed by atoms with Gasteiger partial charge in [0.1, 0.15) is 11.4 Å². The topological polar surface area (TPSA) is 24.5 Å². The van der Waals surface area contributed by atoms with Crippen molar-refractivity contribution in [1.82, 2.24) is 0 Å². The van der Waals surface area contributed by atoms with Crippen LogP contribution in [0.15, 0.2) is 18.2 Å². The normalized spacial score (nSPS) is 24.8. The molecule has 98 valence electrons. The van der Waals surface area contributed by atoms with Crippen LogP contribution < -0.4 is 15.0 Å². The monoisotopic (exact) mass is 246 g/mol. The lowest BCUT2D eigenvalue weighted by Gasteiger charge is -2.51. The molecule has 3 heteroatoms. The summed E-state index contributed by atoms with van der Waals surface area (Å²) in [5.41, 5.74) is 2.85. The van der Waals surface area contributed by atoms with E-state index in [2.05, 4.69) is 36.2 Å². The molecule has 1 N–H and O–H groups in total. The van der Waals surface area contributed by atoms with Crippen molar-refractivity contribution in [2.75, 3.05) is 30.4 Å². The maximum Gasteiger partial charge on any atom is 0.144 e. The average Bonchev–Trinajstić information content (AvgIpc) is 2.37. The minimum absolute atomic E-state index is 0.381. The van der Waals surface area contributed by atoms with Crippen molar-refractivity contribution in [1.29, 1.82) is 0 Å². The summed E-state index contributed by atoms with van der Waals surface area (Å²) in [5.74, 6) is 0.953. The highest BCUT2D eigenvalue weighted by Gasteiger charge is 2.40. The molecule has 0 amide bonds. The van der Waals surface area contributed by atoms with Crippen molar-refractivity contribution in [2.45, 2.75) is 32.7 Å². The highest BCUT2D eigenvalue weighted by molar-refractivity contribution is 5.79. The number of methoxy groups -OCH3 is 1. The molecule has 0 spiro atoms. The predicted molar refractivity (Wildman–Crippen MR) is 75.6 cm³/mol. The van der Waals surface area contributed by atoms with Gasteiger partial charge in [0.15, 0.2) is 0 Å². The third-order valence-electron chi connectivity index (χ3n) is 4.50. The first kappa shape index (κ1) is 11.7. The summed E-state index contributed by atoms with van der Waals surface area (Å²) in [6.45, 7) is 6.95. The average molecular weight is 246 g/mol. The summed E-state index contributed by atoms with van der Waals surface area (Å²) in [6.07, 6.45) is 2.59. The Bertz CT molecular complexity index is 456. The molecule has 0 aliphatic carbocycles. The highest BCUT2D eigenvalue weighted by Crippen LogP contribution is 2.45. The maximum absolute atomic E-state index is 5.46. The van der Waals surface area contributed by atoms with E-state index in [1.165, 1.54) is 18.5 Å². The van der Waals surface area contributed by atoms with Crippen molar-refractivity contribution in [3.8, 4) is 5.75 Å². The van der Waals surface area contributed by atoms with Crippen LogP contribution in [0.3, 0.4) is 0 Å². The Kier molecular flexibility index (Phi) is 2.65. The fourth-order valence-electron chi connectivity index (χ4n) is 3.43. The second-order valence-corrected chi connectivity index (χ2v) is 6.04. The van der Waals surface area contributed by atoms with Crippen molar-refractivity contribution in [3.63, 3.8) is 0 Å². The maximum atomic E-state index is 5.46. The third-order valence-corrected chi connectivity index (χ3v) is 4.50. The van der Waals surface area contributed by atoms with Gasteiger partial charge in [-0.05, 0) is 30.4 Å². The van der Waals surface area contributed by atoms with E-state index in [-0.39, 0.29) is 0 Å². The molecule has 18 heavy (non-hydrogen) atoms. The first-order chi connectivity index (χ1) is 8.63. The molecule has 1 atom stereocenters. The van der Waals surface area contributed by atoms with Crippen LogP contribution in [0.4, 0.5) is 11.4 Å². The molecule has 1 saturated heterocycles. The number of fused-ring (bicyclic) bond motifs is 3. The zero-order chi connectivity index (χ0) is 12.8. The third kappa shape index (κ3) is 1.64. The summed E-state index contributed by atoms with van der Waals surface area (Å²) < 4.78 is 5.46. The Labute approximate surface area is 109 Å². The highest BCUT2D eigenvalue weighted by atomic mass is 16.5. The lowest BCUT2D eigenvalue weighted by atomic mass is 9.75. The predicted octanol–water partition coefficient (Wildman–Crippen LogP) is 3.12. The second kappa shape index (κ2) is 4.08. The van der Waals surface area contributed by atoms with Crippen LogP contribution in [0, 0.1) is 5.41 Å².